The van der Waals surface area contributed by atoms with Crippen LogP contribution in [-0.4, -0.2) is 18.0 Å². The van der Waals surface area contributed by atoms with Gasteiger partial charge < -0.3 is 15.4 Å². The molecule has 2 aromatic carbocycles. The summed E-state index contributed by atoms with van der Waals surface area (Å²) in [5.41, 5.74) is 3.41. The number of ether oxygens (including phenoxy) is 1. The lowest BCUT2D eigenvalue weighted by Crippen LogP contribution is -2.12. The van der Waals surface area contributed by atoms with E-state index >= 15 is 0 Å². The highest BCUT2D eigenvalue weighted by molar-refractivity contribution is 6.04. The van der Waals surface area contributed by atoms with Gasteiger partial charge in [0, 0.05) is 23.1 Å². The maximum atomic E-state index is 12.5. The molecule has 1 heterocycles. The molecular weight excluding hydrogens is 338 g/mol. The third-order valence-electron chi connectivity index (χ3n) is 4.22. The van der Waals surface area contributed by atoms with E-state index < -0.39 is 0 Å². The van der Waals surface area contributed by atoms with Crippen molar-refractivity contribution in [1.29, 1.82) is 0 Å². The highest BCUT2D eigenvalue weighted by atomic mass is 16.5. The molecule has 1 amide bonds. The van der Waals surface area contributed by atoms with Gasteiger partial charge in [0.05, 0.1) is 7.11 Å². The van der Waals surface area contributed by atoms with E-state index in [1.54, 1.807) is 25.4 Å². The molecule has 5 nitrogen and oxygen atoms in total. The van der Waals surface area contributed by atoms with Gasteiger partial charge in [0.25, 0.3) is 5.91 Å². The fourth-order valence-electron chi connectivity index (χ4n) is 2.62. The number of aromatic nitrogens is 1. The van der Waals surface area contributed by atoms with Crippen LogP contribution >= 0.6 is 0 Å². The summed E-state index contributed by atoms with van der Waals surface area (Å²) < 4.78 is 5.15. The molecular formula is C22H23N3O2. The maximum Gasteiger partial charge on any atom is 0.255 e. The third-order valence-corrected chi connectivity index (χ3v) is 4.22. The Labute approximate surface area is 159 Å². The van der Waals surface area contributed by atoms with E-state index in [0.717, 1.165) is 17.1 Å². The number of rotatable bonds is 6. The second kappa shape index (κ2) is 8.36. The van der Waals surface area contributed by atoms with Gasteiger partial charge in [-0.3, -0.25) is 4.79 Å². The van der Waals surface area contributed by atoms with Gasteiger partial charge in [0.1, 0.15) is 11.6 Å². The summed E-state index contributed by atoms with van der Waals surface area (Å²) in [4.78, 5) is 16.8. The largest absolute Gasteiger partial charge is 0.497 e. The molecule has 0 radical (unpaired) electrons. The standard InChI is InChI=1S/C22H23N3O2/c1-15(2)16-4-6-19(7-5-16)25-22(26)17-12-13-23-21(14-17)24-18-8-10-20(27-3)11-9-18/h4-15H,1-3H3,(H,23,24)(H,25,26). The topological polar surface area (TPSA) is 63.2 Å². The molecule has 3 aromatic rings. The Morgan fingerprint density at radius 3 is 2.26 bits per heavy atom. The molecule has 0 saturated heterocycles. The van der Waals surface area contributed by atoms with Crippen LogP contribution in [-0.2, 0) is 0 Å². The minimum absolute atomic E-state index is 0.174. The number of benzene rings is 2. The first-order valence-corrected chi connectivity index (χ1v) is 8.83. The van der Waals surface area contributed by atoms with Crippen molar-refractivity contribution in [2.75, 3.05) is 17.7 Å². The first-order valence-electron chi connectivity index (χ1n) is 8.83. The fourth-order valence-corrected chi connectivity index (χ4v) is 2.62. The van der Waals surface area contributed by atoms with Crippen molar-refractivity contribution in [1.82, 2.24) is 4.98 Å². The average molecular weight is 361 g/mol. The Balaban J connectivity index is 1.69. The molecule has 138 valence electrons. The predicted molar refractivity (Wildman–Crippen MR) is 109 cm³/mol. The molecule has 1 aromatic heterocycles. The quantitative estimate of drug-likeness (QED) is 0.633. The van der Waals surface area contributed by atoms with Gasteiger partial charge in [-0.05, 0) is 60.0 Å². The zero-order valence-electron chi connectivity index (χ0n) is 15.7. The van der Waals surface area contributed by atoms with Crippen molar-refractivity contribution in [3.63, 3.8) is 0 Å². The van der Waals surface area contributed by atoms with Gasteiger partial charge >= 0.3 is 0 Å². The second-order valence-corrected chi connectivity index (χ2v) is 6.51. The number of hydrogen-bond donors (Lipinski definition) is 2. The number of hydrogen-bond acceptors (Lipinski definition) is 4. The summed E-state index contributed by atoms with van der Waals surface area (Å²) >= 11 is 0. The number of pyridine rings is 1. The fraction of sp³-hybridized carbons (Fsp3) is 0.182. The van der Waals surface area contributed by atoms with Crippen molar-refractivity contribution in [2.45, 2.75) is 19.8 Å². The minimum Gasteiger partial charge on any atom is -0.497 e. The van der Waals surface area contributed by atoms with Crippen molar-refractivity contribution in [3.8, 4) is 5.75 Å². The summed E-state index contributed by atoms with van der Waals surface area (Å²) in [6.07, 6.45) is 1.61. The van der Waals surface area contributed by atoms with Crippen LogP contribution in [0.25, 0.3) is 0 Å². The summed E-state index contributed by atoms with van der Waals surface area (Å²) in [5, 5.41) is 6.11. The molecule has 0 saturated carbocycles. The van der Waals surface area contributed by atoms with Crippen LogP contribution in [0.5, 0.6) is 5.75 Å². The van der Waals surface area contributed by atoms with Crippen LogP contribution in [0.2, 0.25) is 0 Å². The number of anilines is 3. The Morgan fingerprint density at radius 1 is 0.963 bits per heavy atom. The molecule has 0 aliphatic carbocycles. The van der Waals surface area contributed by atoms with Crippen LogP contribution in [0.1, 0.15) is 35.7 Å². The highest BCUT2D eigenvalue weighted by Gasteiger charge is 2.08. The predicted octanol–water partition coefficient (Wildman–Crippen LogP) is 5.21. The van der Waals surface area contributed by atoms with E-state index in [2.05, 4.69) is 29.5 Å². The molecule has 27 heavy (non-hydrogen) atoms. The van der Waals surface area contributed by atoms with Gasteiger partial charge in [0.2, 0.25) is 0 Å². The second-order valence-electron chi connectivity index (χ2n) is 6.51. The first kappa shape index (κ1) is 18.5. The smallest absolute Gasteiger partial charge is 0.255 e. The SMILES string of the molecule is COc1ccc(Nc2cc(C(=O)Nc3ccc(C(C)C)cc3)ccn2)cc1. The Morgan fingerprint density at radius 2 is 1.63 bits per heavy atom. The summed E-state index contributed by atoms with van der Waals surface area (Å²) in [6.45, 7) is 4.28. The van der Waals surface area contributed by atoms with Gasteiger partial charge in [-0.25, -0.2) is 4.98 Å². The zero-order valence-corrected chi connectivity index (χ0v) is 15.7. The maximum absolute atomic E-state index is 12.5. The molecule has 0 unspecified atom stereocenters. The number of nitrogens with one attached hydrogen (secondary N) is 2. The molecule has 0 spiro atoms. The van der Waals surface area contributed by atoms with Crippen molar-refractivity contribution >= 4 is 23.1 Å². The lowest BCUT2D eigenvalue weighted by molar-refractivity contribution is 0.102. The summed E-state index contributed by atoms with van der Waals surface area (Å²) in [5.74, 6) is 1.67. The highest BCUT2D eigenvalue weighted by Crippen LogP contribution is 2.20. The van der Waals surface area contributed by atoms with E-state index in [4.69, 9.17) is 4.74 Å². The van der Waals surface area contributed by atoms with E-state index in [9.17, 15) is 4.79 Å². The summed E-state index contributed by atoms with van der Waals surface area (Å²) in [7, 11) is 1.63. The monoisotopic (exact) mass is 361 g/mol. The molecule has 0 bridgehead atoms. The molecule has 0 aliphatic heterocycles. The van der Waals surface area contributed by atoms with E-state index in [0.29, 0.717) is 17.3 Å². The van der Waals surface area contributed by atoms with E-state index in [-0.39, 0.29) is 5.91 Å². The number of nitrogens with zero attached hydrogens (tertiary/aromatic N) is 1. The number of carbonyl (C=O) groups excluding carboxylic acids is 1. The van der Waals surface area contributed by atoms with Crippen LogP contribution in [0.3, 0.4) is 0 Å². The number of methoxy groups -OCH3 is 1. The first-order chi connectivity index (χ1) is 13.0. The average Bonchev–Trinajstić information content (AvgIpc) is 2.69. The van der Waals surface area contributed by atoms with Crippen LogP contribution in [0.4, 0.5) is 17.2 Å². The van der Waals surface area contributed by atoms with Crippen molar-refractivity contribution < 1.29 is 9.53 Å². The molecule has 3 rings (SSSR count). The number of carbonyl (C=O) groups is 1. The molecule has 0 atom stereocenters. The lowest BCUT2D eigenvalue weighted by atomic mass is 10.0. The Bertz CT molecular complexity index is 904. The van der Waals surface area contributed by atoms with Crippen molar-refractivity contribution in [3.05, 3.63) is 78.0 Å². The number of amides is 1. The molecule has 0 fully saturated rings. The van der Waals surface area contributed by atoms with E-state index in [1.807, 2.05) is 48.5 Å². The Kier molecular flexibility index (Phi) is 5.71. The van der Waals surface area contributed by atoms with Gasteiger partial charge in [0.15, 0.2) is 0 Å². The molecule has 0 aliphatic rings. The third kappa shape index (κ3) is 4.85. The lowest BCUT2D eigenvalue weighted by Gasteiger charge is -2.10. The Hall–Kier alpha value is -3.34. The summed E-state index contributed by atoms with van der Waals surface area (Å²) in [6, 6.07) is 18.8. The van der Waals surface area contributed by atoms with Crippen molar-refractivity contribution in [2.24, 2.45) is 0 Å². The van der Waals surface area contributed by atoms with Crippen LogP contribution in [0, 0.1) is 0 Å². The van der Waals surface area contributed by atoms with Crippen LogP contribution < -0.4 is 15.4 Å². The van der Waals surface area contributed by atoms with E-state index in [1.165, 1.54) is 5.56 Å². The van der Waals surface area contributed by atoms with Gasteiger partial charge in [-0.1, -0.05) is 26.0 Å². The normalized spacial score (nSPS) is 10.5. The minimum atomic E-state index is -0.174. The molecule has 5 heteroatoms. The van der Waals surface area contributed by atoms with Crippen LogP contribution in [0.15, 0.2) is 66.9 Å². The van der Waals surface area contributed by atoms with Gasteiger partial charge in [-0.2, -0.15) is 0 Å². The zero-order chi connectivity index (χ0) is 19.2. The molecule has 2 N–H and O–H groups in total. The van der Waals surface area contributed by atoms with Gasteiger partial charge in [-0.15, -0.1) is 0 Å².